The van der Waals surface area contributed by atoms with E-state index in [2.05, 4.69) is 20.8 Å². The number of piperidine rings is 1. The summed E-state index contributed by atoms with van der Waals surface area (Å²) in [7, 11) is 0. The number of aromatic nitrogens is 2. The van der Waals surface area contributed by atoms with Gasteiger partial charge in [0.1, 0.15) is 0 Å². The zero-order valence-electron chi connectivity index (χ0n) is 11.0. The van der Waals surface area contributed by atoms with Crippen molar-refractivity contribution in [3.63, 3.8) is 0 Å². The van der Waals surface area contributed by atoms with Gasteiger partial charge in [-0.3, -0.25) is 0 Å². The number of rotatable bonds is 2. The van der Waals surface area contributed by atoms with Gasteiger partial charge in [0, 0.05) is 23.7 Å². The van der Waals surface area contributed by atoms with Crippen LogP contribution in [-0.2, 0) is 17.8 Å². The molecule has 0 bridgehead atoms. The van der Waals surface area contributed by atoms with Crippen molar-refractivity contribution in [3.8, 4) is 0 Å². The summed E-state index contributed by atoms with van der Waals surface area (Å²) in [5.74, 6) is 0.836. The van der Waals surface area contributed by atoms with E-state index in [-0.39, 0.29) is 24.8 Å². The molecule has 1 saturated heterocycles. The maximum absolute atomic E-state index is 6.09. The Morgan fingerprint density at radius 1 is 1.25 bits per heavy atom. The molecule has 0 unspecified atom stereocenters. The number of ether oxygens (including phenoxy) is 1. The van der Waals surface area contributed by atoms with Crippen LogP contribution in [0.2, 0.25) is 5.15 Å². The number of hydrogen-bond donors (Lipinski definition) is 2. The second-order valence-electron chi connectivity index (χ2n) is 4.79. The predicted octanol–water partition coefficient (Wildman–Crippen LogP) is 2.21. The van der Waals surface area contributed by atoms with Crippen LogP contribution in [0.5, 0.6) is 0 Å². The molecule has 1 aromatic rings. The monoisotopic (exact) mass is 340 g/mol. The third-order valence-electron chi connectivity index (χ3n) is 3.52. The molecule has 2 N–H and O–H groups in total. The molecule has 8 heteroatoms. The van der Waals surface area contributed by atoms with Gasteiger partial charge < -0.3 is 15.4 Å². The lowest BCUT2D eigenvalue weighted by molar-refractivity contribution is 0.110. The zero-order chi connectivity index (χ0) is 12.4. The molecule has 1 fully saturated rings. The summed E-state index contributed by atoms with van der Waals surface area (Å²) in [6.45, 7) is 3.36. The Hall–Kier alpha value is -0.330. The molecular formula is C12H19Cl3N4O. The van der Waals surface area contributed by atoms with Crippen LogP contribution >= 0.6 is 36.4 Å². The number of nitrogens with zero attached hydrogens (tertiary/aromatic N) is 2. The lowest BCUT2D eigenvalue weighted by Gasteiger charge is -2.26. The van der Waals surface area contributed by atoms with Crippen LogP contribution in [0.3, 0.4) is 0 Å². The van der Waals surface area contributed by atoms with E-state index in [0.717, 1.165) is 42.9 Å². The van der Waals surface area contributed by atoms with Gasteiger partial charge in [0.25, 0.3) is 0 Å². The Balaban J connectivity index is 0.000001000. The van der Waals surface area contributed by atoms with Crippen LogP contribution in [0, 0.1) is 0 Å². The van der Waals surface area contributed by atoms with E-state index in [1.807, 2.05) is 0 Å². The highest BCUT2D eigenvalue weighted by Gasteiger charge is 2.21. The van der Waals surface area contributed by atoms with Crippen molar-refractivity contribution < 1.29 is 4.74 Å². The van der Waals surface area contributed by atoms with Gasteiger partial charge in [-0.2, -0.15) is 0 Å². The smallest absolute Gasteiger partial charge is 0.155 e. The fourth-order valence-electron chi connectivity index (χ4n) is 2.52. The number of hydrogen-bond acceptors (Lipinski definition) is 5. The molecule has 0 aliphatic carbocycles. The summed E-state index contributed by atoms with van der Waals surface area (Å²) in [5, 5.41) is 15.6. The van der Waals surface area contributed by atoms with E-state index >= 15 is 0 Å². The highest BCUT2D eigenvalue weighted by Crippen LogP contribution is 2.28. The topological polar surface area (TPSA) is 59.1 Å². The molecule has 0 amide bonds. The van der Waals surface area contributed by atoms with E-state index in [9.17, 15) is 0 Å². The summed E-state index contributed by atoms with van der Waals surface area (Å²) in [6, 6.07) is 0.417. The Morgan fingerprint density at radius 3 is 2.85 bits per heavy atom. The van der Waals surface area contributed by atoms with Crippen molar-refractivity contribution in [2.75, 3.05) is 25.0 Å². The summed E-state index contributed by atoms with van der Waals surface area (Å²) >= 11 is 6.09. The first kappa shape index (κ1) is 17.7. The molecule has 0 aromatic carbocycles. The molecule has 1 atom stereocenters. The molecule has 20 heavy (non-hydrogen) atoms. The van der Waals surface area contributed by atoms with Crippen molar-refractivity contribution in [2.45, 2.75) is 31.9 Å². The standard InChI is InChI=1S/C12H17ClN4O.2ClH/c13-11-9-3-5-18-7-10(9)12(17-16-11)15-8-2-1-4-14-6-8;;/h8,14H,1-7H2,(H,15,17);2*1H/t8-;;/m1../s1. The van der Waals surface area contributed by atoms with E-state index in [1.54, 1.807) is 0 Å². The largest absolute Gasteiger partial charge is 0.376 e. The predicted molar refractivity (Wildman–Crippen MR) is 84.4 cm³/mol. The molecule has 114 valence electrons. The van der Waals surface area contributed by atoms with Gasteiger partial charge in [0.15, 0.2) is 11.0 Å². The summed E-state index contributed by atoms with van der Waals surface area (Å²) in [6.07, 6.45) is 3.17. The molecule has 1 aromatic heterocycles. The molecule has 3 rings (SSSR count). The van der Waals surface area contributed by atoms with E-state index in [1.165, 1.54) is 6.42 Å². The third-order valence-corrected chi connectivity index (χ3v) is 3.82. The Morgan fingerprint density at radius 2 is 2.10 bits per heavy atom. The maximum Gasteiger partial charge on any atom is 0.155 e. The van der Waals surface area contributed by atoms with Crippen molar-refractivity contribution in [3.05, 3.63) is 16.3 Å². The van der Waals surface area contributed by atoms with Crippen LogP contribution in [0.1, 0.15) is 24.0 Å². The first-order valence-corrected chi connectivity index (χ1v) is 6.81. The highest BCUT2D eigenvalue weighted by molar-refractivity contribution is 6.30. The number of halogens is 3. The fourth-order valence-corrected chi connectivity index (χ4v) is 2.77. The molecular weight excluding hydrogens is 323 g/mol. The minimum absolute atomic E-state index is 0. The molecule has 0 radical (unpaired) electrons. The Kier molecular flexibility index (Phi) is 7.26. The van der Waals surface area contributed by atoms with Gasteiger partial charge in [-0.25, -0.2) is 0 Å². The molecule has 3 heterocycles. The van der Waals surface area contributed by atoms with E-state index < -0.39 is 0 Å². The van der Waals surface area contributed by atoms with Gasteiger partial charge in [-0.15, -0.1) is 35.0 Å². The van der Waals surface area contributed by atoms with Crippen LogP contribution in [0.4, 0.5) is 5.82 Å². The second kappa shape index (κ2) is 8.20. The number of anilines is 1. The van der Waals surface area contributed by atoms with Gasteiger partial charge >= 0.3 is 0 Å². The van der Waals surface area contributed by atoms with Gasteiger partial charge in [0.05, 0.1) is 13.2 Å². The SMILES string of the molecule is Cl.Cl.Clc1nnc(N[C@@H]2CCCNC2)c2c1CCOC2. The molecule has 0 saturated carbocycles. The average molecular weight is 342 g/mol. The van der Waals surface area contributed by atoms with E-state index in [4.69, 9.17) is 16.3 Å². The minimum Gasteiger partial charge on any atom is -0.376 e. The third kappa shape index (κ3) is 3.86. The molecule has 2 aliphatic rings. The summed E-state index contributed by atoms with van der Waals surface area (Å²) < 4.78 is 5.50. The first-order chi connectivity index (χ1) is 8.84. The Bertz CT molecular complexity index is 441. The Labute approximate surface area is 136 Å². The van der Waals surface area contributed by atoms with Crippen LogP contribution in [0.25, 0.3) is 0 Å². The van der Waals surface area contributed by atoms with Gasteiger partial charge in [-0.05, 0) is 25.8 Å². The lowest BCUT2D eigenvalue weighted by Crippen LogP contribution is -2.39. The second-order valence-corrected chi connectivity index (χ2v) is 5.14. The van der Waals surface area contributed by atoms with Crippen LogP contribution < -0.4 is 10.6 Å². The normalized spacial score (nSPS) is 21.1. The van der Waals surface area contributed by atoms with E-state index in [0.29, 0.717) is 24.4 Å². The summed E-state index contributed by atoms with van der Waals surface area (Å²) in [4.78, 5) is 0. The highest BCUT2D eigenvalue weighted by atomic mass is 35.5. The molecule has 2 aliphatic heterocycles. The van der Waals surface area contributed by atoms with Crippen molar-refractivity contribution in [1.82, 2.24) is 15.5 Å². The molecule has 0 spiro atoms. The van der Waals surface area contributed by atoms with Crippen molar-refractivity contribution in [2.24, 2.45) is 0 Å². The molecule has 5 nitrogen and oxygen atoms in total. The van der Waals surface area contributed by atoms with Crippen LogP contribution in [0.15, 0.2) is 0 Å². The van der Waals surface area contributed by atoms with Gasteiger partial charge in [0.2, 0.25) is 0 Å². The summed E-state index contributed by atoms with van der Waals surface area (Å²) in [5.41, 5.74) is 2.16. The first-order valence-electron chi connectivity index (χ1n) is 6.43. The van der Waals surface area contributed by atoms with Crippen molar-refractivity contribution in [1.29, 1.82) is 0 Å². The zero-order valence-corrected chi connectivity index (χ0v) is 13.4. The fraction of sp³-hybridized carbons (Fsp3) is 0.667. The van der Waals surface area contributed by atoms with Crippen molar-refractivity contribution >= 4 is 42.2 Å². The maximum atomic E-state index is 6.09. The quantitative estimate of drug-likeness (QED) is 0.864. The minimum atomic E-state index is 0. The average Bonchev–Trinajstić information content (AvgIpc) is 2.44. The number of fused-ring (bicyclic) bond motifs is 1. The number of nitrogens with one attached hydrogen (secondary N) is 2. The van der Waals surface area contributed by atoms with Crippen LogP contribution in [-0.4, -0.2) is 35.9 Å². The van der Waals surface area contributed by atoms with Gasteiger partial charge in [-0.1, -0.05) is 11.6 Å². The lowest BCUT2D eigenvalue weighted by atomic mass is 10.0.